The van der Waals surface area contributed by atoms with Gasteiger partial charge in [0, 0.05) is 36.3 Å². The number of fused-ring (bicyclic) bond motifs is 3. The standard InChI is InChI=1S/C20H26O4/c1-11(10-21)12-7-13-14(8-15(12)22)20(4)6-5-18(24)19(2,3)17(20)9-16(13)23/h7-8,11,17,21-22H,5-6,9-10H2,1-4H3/t11?,17-,20+/m0/s1. The van der Waals surface area contributed by atoms with Crippen molar-refractivity contribution < 1.29 is 19.8 Å². The predicted octanol–water partition coefficient (Wildman–Crippen LogP) is 3.34. The van der Waals surface area contributed by atoms with Crippen LogP contribution in [0, 0.1) is 11.3 Å². The Hall–Kier alpha value is -1.68. The topological polar surface area (TPSA) is 74.6 Å². The van der Waals surface area contributed by atoms with Crippen molar-refractivity contribution in [1.29, 1.82) is 0 Å². The van der Waals surface area contributed by atoms with E-state index in [0.717, 1.165) is 5.56 Å². The number of hydrogen-bond donors (Lipinski definition) is 2. The second-order valence-electron chi connectivity index (χ2n) is 8.28. The number of rotatable bonds is 2. The van der Waals surface area contributed by atoms with Gasteiger partial charge in [0.05, 0.1) is 0 Å². The molecule has 0 radical (unpaired) electrons. The van der Waals surface area contributed by atoms with Crippen LogP contribution >= 0.6 is 0 Å². The lowest BCUT2D eigenvalue weighted by atomic mass is 9.49. The average Bonchev–Trinajstić information content (AvgIpc) is 2.53. The highest BCUT2D eigenvalue weighted by Crippen LogP contribution is 2.56. The predicted molar refractivity (Wildman–Crippen MR) is 91.4 cm³/mol. The van der Waals surface area contributed by atoms with E-state index in [9.17, 15) is 19.8 Å². The summed E-state index contributed by atoms with van der Waals surface area (Å²) >= 11 is 0. The van der Waals surface area contributed by atoms with Crippen molar-refractivity contribution in [3.05, 3.63) is 28.8 Å². The molecule has 130 valence electrons. The summed E-state index contributed by atoms with van der Waals surface area (Å²) in [7, 11) is 0. The lowest BCUT2D eigenvalue weighted by Crippen LogP contribution is -2.53. The van der Waals surface area contributed by atoms with E-state index >= 15 is 0 Å². The molecule has 24 heavy (non-hydrogen) atoms. The zero-order valence-electron chi connectivity index (χ0n) is 14.8. The molecule has 1 unspecified atom stereocenters. The Morgan fingerprint density at radius 3 is 2.54 bits per heavy atom. The highest BCUT2D eigenvalue weighted by Gasteiger charge is 2.55. The summed E-state index contributed by atoms with van der Waals surface area (Å²) in [5, 5.41) is 19.8. The molecule has 3 rings (SSSR count). The number of hydrogen-bond acceptors (Lipinski definition) is 4. The first-order chi connectivity index (χ1) is 11.1. The van der Waals surface area contributed by atoms with E-state index in [2.05, 4.69) is 6.92 Å². The van der Waals surface area contributed by atoms with Crippen LogP contribution in [0.1, 0.15) is 74.4 Å². The Morgan fingerprint density at radius 1 is 1.25 bits per heavy atom. The summed E-state index contributed by atoms with van der Waals surface area (Å²) in [6.07, 6.45) is 1.57. The lowest BCUT2D eigenvalue weighted by Gasteiger charge is -2.52. The van der Waals surface area contributed by atoms with Gasteiger partial charge >= 0.3 is 0 Å². The summed E-state index contributed by atoms with van der Waals surface area (Å²) in [6.45, 7) is 7.74. The van der Waals surface area contributed by atoms with Crippen molar-refractivity contribution in [1.82, 2.24) is 0 Å². The van der Waals surface area contributed by atoms with Crippen LogP contribution in [0.15, 0.2) is 12.1 Å². The third-order valence-corrected chi connectivity index (χ3v) is 6.51. The van der Waals surface area contributed by atoms with Crippen LogP contribution in [0.5, 0.6) is 5.75 Å². The highest BCUT2D eigenvalue weighted by molar-refractivity contribution is 6.01. The van der Waals surface area contributed by atoms with E-state index in [1.165, 1.54) is 0 Å². The summed E-state index contributed by atoms with van der Waals surface area (Å²) in [5.41, 5.74) is 1.28. The molecule has 0 saturated heterocycles. The third kappa shape index (κ3) is 2.23. The largest absolute Gasteiger partial charge is 0.508 e. The molecule has 2 aliphatic rings. The van der Waals surface area contributed by atoms with Gasteiger partial charge in [-0.2, -0.15) is 0 Å². The Labute approximate surface area is 142 Å². The van der Waals surface area contributed by atoms with Crippen LogP contribution in [-0.4, -0.2) is 28.4 Å². The van der Waals surface area contributed by atoms with Gasteiger partial charge in [-0.15, -0.1) is 0 Å². The Bertz CT molecular complexity index is 719. The zero-order valence-corrected chi connectivity index (χ0v) is 14.8. The Morgan fingerprint density at radius 2 is 1.92 bits per heavy atom. The molecule has 4 heteroatoms. The van der Waals surface area contributed by atoms with Gasteiger partial charge in [-0.1, -0.05) is 27.7 Å². The van der Waals surface area contributed by atoms with Crippen LogP contribution in [0.4, 0.5) is 0 Å². The second kappa shape index (κ2) is 5.41. The van der Waals surface area contributed by atoms with Crippen molar-refractivity contribution in [2.75, 3.05) is 6.61 Å². The number of Topliss-reactive ketones (excluding diaryl/α,β-unsaturated/α-hetero) is 2. The molecule has 1 aromatic rings. The van der Waals surface area contributed by atoms with Crippen molar-refractivity contribution in [2.24, 2.45) is 11.3 Å². The number of ketones is 2. The van der Waals surface area contributed by atoms with Crippen LogP contribution < -0.4 is 0 Å². The summed E-state index contributed by atoms with van der Waals surface area (Å²) in [6, 6.07) is 3.45. The van der Waals surface area contributed by atoms with Gasteiger partial charge in [-0.3, -0.25) is 9.59 Å². The molecular formula is C20H26O4. The number of aromatic hydroxyl groups is 1. The molecule has 1 aromatic carbocycles. The van der Waals surface area contributed by atoms with Crippen molar-refractivity contribution in [3.63, 3.8) is 0 Å². The number of carbonyl (C=O) groups is 2. The minimum atomic E-state index is -0.535. The maximum Gasteiger partial charge on any atom is 0.163 e. The normalized spacial score (nSPS) is 29.8. The summed E-state index contributed by atoms with van der Waals surface area (Å²) < 4.78 is 0. The molecule has 0 amide bonds. The van der Waals surface area contributed by atoms with Crippen LogP contribution in [-0.2, 0) is 10.2 Å². The molecule has 0 heterocycles. The first-order valence-electron chi connectivity index (χ1n) is 8.67. The number of aliphatic hydroxyl groups excluding tert-OH is 1. The molecule has 4 nitrogen and oxygen atoms in total. The fourth-order valence-corrected chi connectivity index (χ4v) is 4.76. The maximum atomic E-state index is 12.8. The van der Waals surface area contributed by atoms with E-state index in [1.807, 2.05) is 20.8 Å². The molecule has 2 N–H and O–H groups in total. The maximum absolute atomic E-state index is 12.8. The summed E-state index contributed by atoms with van der Waals surface area (Å²) in [4.78, 5) is 25.2. The van der Waals surface area contributed by atoms with Crippen LogP contribution in [0.3, 0.4) is 0 Å². The first-order valence-corrected chi connectivity index (χ1v) is 8.67. The van der Waals surface area contributed by atoms with E-state index in [1.54, 1.807) is 12.1 Å². The van der Waals surface area contributed by atoms with Gasteiger partial charge in [-0.25, -0.2) is 0 Å². The van der Waals surface area contributed by atoms with Crippen LogP contribution in [0.2, 0.25) is 0 Å². The Kier molecular flexibility index (Phi) is 3.87. The van der Waals surface area contributed by atoms with E-state index in [4.69, 9.17) is 0 Å². The van der Waals surface area contributed by atoms with Crippen molar-refractivity contribution in [2.45, 2.75) is 58.3 Å². The van der Waals surface area contributed by atoms with Gasteiger partial charge < -0.3 is 10.2 Å². The van der Waals surface area contributed by atoms with E-state index < -0.39 is 5.41 Å². The monoisotopic (exact) mass is 330 g/mol. The smallest absolute Gasteiger partial charge is 0.163 e. The molecule has 0 spiro atoms. The van der Waals surface area contributed by atoms with Crippen molar-refractivity contribution in [3.8, 4) is 5.75 Å². The highest BCUT2D eigenvalue weighted by atomic mass is 16.3. The molecule has 0 aromatic heterocycles. The van der Waals surface area contributed by atoms with Gasteiger partial charge in [0.2, 0.25) is 0 Å². The minimum Gasteiger partial charge on any atom is -0.508 e. The third-order valence-electron chi connectivity index (χ3n) is 6.51. The molecule has 1 fully saturated rings. The fourth-order valence-electron chi connectivity index (χ4n) is 4.76. The molecule has 3 atom stereocenters. The molecule has 0 bridgehead atoms. The summed E-state index contributed by atoms with van der Waals surface area (Å²) in [5.74, 6) is 0.0991. The number of aliphatic hydroxyl groups is 1. The van der Waals surface area contributed by atoms with Gasteiger partial charge in [-0.05, 0) is 41.0 Å². The van der Waals surface area contributed by atoms with E-state index in [-0.39, 0.29) is 41.2 Å². The van der Waals surface area contributed by atoms with Crippen LogP contribution in [0.25, 0.3) is 0 Å². The SMILES string of the molecule is CC(CO)c1cc2c(cc1O)[C@@]1(C)CCC(=O)C(C)(C)[C@@H]1CC2=O. The lowest BCUT2D eigenvalue weighted by molar-refractivity contribution is -0.136. The van der Waals surface area contributed by atoms with Gasteiger partial charge in [0.25, 0.3) is 0 Å². The first kappa shape index (κ1) is 17.2. The molecule has 2 aliphatic carbocycles. The number of phenols is 1. The van der Waals surface area contributed by atoms with Gasteiger partial charge in [0.15, 0.2) is 5.78 Å². The zero-order chi connectivity index (χ0) is 17.9. The second-order valence-corrected chi connectivity index (χ2v) is 8.28. The average molecular weight is 330 g/mol. The van der Waals surface area contributed by atoms with Crippen molar-refractivity contribution >= 4 is 11.6 Å². The number of phenolic OH excluding ortho intramolecular Hbond substituents is 1. The number of benzene rings is 1. The van der Waals surface area contributed by atoms with Gasteiger partial charge in [0.1, 0.15) is 11.5 Å². The quantitative estimate of drug-likeness (QED) is 0.872. The minimum absolute atomic E-state index is 0.0293. The van der Waals surface area contributed by atoms with E-state index in [0.29, 0.717) is 30.4 Å². The molecule has 0 aliphatic heterocycles. The molecule has 1 saturated carbocycles. The number of carbonyl (C=O) groups excluding carboxylic acids is 2. The molecular weight excluding hydrogens is 304 g/mol. The fraction of sp³-hybridized carbons (Fsp3) is 0.600. The Balaban J connectivity index is 2.19.